The SMILES string of the molecule is COc1cc(-c2noc(-c3cccc(N)c3)n2)ncn1. The molecule has 3 rings (SSSR count). The highest BCUT2D eigenvalue weighted by atomic mass is 16.5. The molecule has 0 aliphatic heterocycles. The van der Waals surface area contributed by atoms with Crippen molar-refractivity contribution in [3.05, 3.63) is 36.7 Å². The van der Waals surface area contributed by atoms with Gasteiger partial charge in [-0.05, 0) is 18.2 Å². The number of nitrogens with two attached hydrogens (primary N) is 1. The summed E-state index contributed by atoms with van der Waals surface area (Å²) in [5.74, 6) is 1.18. The Morgan fingerprint density at radius 2 is 2.10 bits per heavy atom. The Balaban J connectivity index is 1.97. The van der Waals surface area contributed by atoms with E-state index < -0.39 is 0 Å². The van der Waals surface area contributed by atoms with Gasteiger partial charge in [-0.2, -0.15) is 4.98 Å². The van der Waals surface area contributed by atoms with Gasteiger partial charge in [-0.15, -0.1) is 0 Å². The van der Waals surface area contributed by atoms with Crippen LogP contribution in [0, 0.1) is 0 Å². The van der Waals surface area contributed by atoms with Crippen LogP contribution in [0.3, 0.4) is 0 Å². The average molecular weight is 269 g/mol. The number of hydrogen-bond acceptors (Lipinski definition) is 7. The summed E-state index contributed by atoms with van der Waals surface area (Å²) in [6.07, 6.45) is 1.38. The molecule has 0 amide bonds. The van der Waals surface area contributed by atoms with Crippen LogP contribution < -0.4 is 10.5 Å². The van der Waals surface area contributed by atoms with E-state index in [1.54, 1.807) is 18.2 Å². The Labute approximate surface area is 114 Å². The Kier molecular flexibility index (Phi) is 3.00. The minimum atomic E-state index is 0.364. The average Bonchev–Trinajstić information content (AvgIpc) is 2.97. The molecule has 0 aliphatic carbocycles. The molecular weight excluding hydrogens is 258 g/mol. The normalized spacial score (nSPS) is 10.4. The first-order chi connectivity index (χ1) is 9.76. The van der Waals surface area contributed by atoms with Crippen molar-refractivity contribution >= 4 is 5.69 Å². The monoisotopic (exact) mass is 269 g/mol. The third-order valence-corrected chi connectivity index (χ3v) is 2.64. The maximum Gasteiger partial charge on any atom is 0.258 e. The number of anilines is 1. The van der Waals surface area contributed by atoms with Crippen LogP contribution in [0.2, 0.25) is 0 Å². The van der Waals surface area contributed by atoms with Gasteiger partial charge < -0.3 is 15.0 Å². The first kappa shape index (κ1) is 12.1. The lowest BCUT2D eigenvalue weighted by Gasteiger charge is -1.98. The van der Waals surface area contributed by atoms with Crippen molar-refractivity contribution in [2.45, 2.75) is 0 Å². The number of hydrogen-bond donors (Lipinski definition) is 1. The molecule has 7 nitrogen and oxygen atoms in total. The Bertz CT molecular complexity index is 741. The van der Waals surface area contributed by atoms with Crippen LogP contribution in [0.1, 0.15) is 0 Å². The molecule has 2 aromatic heterocycles. The predicted octanol–water partition coefficient (Wildman–Crippen LogP) is 1.78. The molecule has 0 bridgehead atoms. The Morgan fingerprint density at radius 1 is 1.20 bits per heavy atom. The fourth-order valence-electron chi connectivity index (χ4n) is 1.69. The van der Waals surface area contributed by atoms with Crippen LogP contribution >= 0.6 is 0 Å². The molecule has 20 heavy (non-hydrogen) atoms. The number of nitrogens with zero attached hydrogens (tertiary/aromatic N) is 4. The molecular formula is C13H11N5O2. The summed E-state index contributed by atoms with van der Waals surface area (Å²) >= 11 is 0. The smallest absolute Gasteiger partial charge is 0.258 e. The second-order valence-electron chi connectivity index (χ2n) is 3.99. The van der Waals surface area contributed by atoms with E-state index in [0.717, 1.165) is 5.56 Å². The molecule has 0 aliphatic rings. The molecule has 2 N–H and O–H groups in total. The fourth-order valence-corrected chi connectivity index (χ4v) is 1.69. The van der Waals surface area contributed by atoms with Crippen molar-refractivity contribution < 1.29 is 9.26 Å². The fraction of sp³-hybridized carbons (Fsp3) is 0.0769. The van der Waals surface area contributed by atoms with Gasteiger partial charge in [0.2, 0.25) is 11.7 Å². The molecule has 7 heteroatoms. The first-order valence-electron chi connectivity index (χ1n) is 5.82. The van der Waals surface area contributed by atoms with Gasteiger partial charge in [0.25, 0.3) is 5.89 Å². The Morgan fingerprint density at radius 3 is 2.90 bits per heavy atom. The zero-order valence-corrected chi connectivity index (χ0v) is 10.6. The molecule has 0 radical (unpaired) electrons. The van der Waals surface area contributed by atoms with Gasteiger partial charge in [0, 0.05) is 17.3 Å². The molecule has 1 aromatic carbocycles. The van der Waals surface area contributed by atoms with Gasteiger partial charge in [0.15, 0.2) is 0 Å². The van der Waals surface area contributed by atoms with E-state index in [1.807, 2.05) is 12.1 Å². The maximum atomic E-state index is 5.72. The van der Waals surface area contributed by atoms with E-state index in [1.165, 1.54) is 13.4 Å². The predicted molar refractivity (Wildman–Crippen MR) is 71.7 cm³/mol. The number of benzene rings is 1. The second-order valence-corrected chi connectivity index (χ2v) is 3.99. The number of aromatic nitrogens is 4. The van der Waals surface area contributed by atoms with Gasteiger partial charge >= 0.3 is 0 Å². The van der Waals surface area contributed by atoms with Crippen LogP contribution in [0.5, 0.6) is 5.88 Å². The van der Waals surface area contributed by atoms with Crippen LogP contribution in [0.15, 0.2) is 41.2 Å². The van der Waals surface area contributed by atoms with E-state index >= 15 is 0 Å². The molecule has 0 saturated heterocycles. The van der Waals surface area contributed by atoms with Crippen molar-refractivity contribution in [1.29, 1.82) is 0 Å². The van der Waals surface area contributed by atoms with E-state index in [0.29, 0.717) is 29.0 Å². The van der Waals surface area contributed by atoms with Gasteiger partial charge in [0.1, 0.15) is 12.0 Å². The molecule has 0 saturated carbocycles. The lowest BCUT2D eigenvalue weighted by atomic mass is 10.2. The highest BCUT2D eigenvalue weighted by molar-refractivity contribution is 5.61. The highest BCUT2D eigenvalue weighted by Crippen LogP contribution is 2.23. The molecule has 0 spiro atoms. The van der Waals surface area contributed by atoms with E-state index in [-0.39, 0.29) is 0 Å². The highest BCUT2D eigenvalue weighted by Gasteiger charge is 2.12. The zero-order chi connectivity index (χ0) is 13.9. The molecule has 0 atom stereocenters. The van der Waals surface area contributed by atoms with Gasteiger partial charge in [-0.3, -0.25) is 0 Å². The number of methoxy groups -OCH3 is 1. The first-order valence-corrected chi connectivity index (χ1v) is 5.82. The van der Waals surface area contributed by atoms with Crippen LogP contribution in [-0.4, -0.2) is 27.2 Å². The summed E-state index contributed by atoms with van der Waals surface area (Å²) in [5.41, 5.74) is 7.63. The third-order valence-electron chi connectivity index (χ3n) is 2.64. The van der Waals surface area contributed by atoms with Crippen molar-refractivity contribution in [3.63, 3.8) is 0 Å². The summed E-state index contributed by atoms with van der Waals surface area (Å²) in [6, 6.07) is 8.85. The van der Waals surface area contributed by atoms with Crippen LogP contribution in [0.4, 0.5) is 5.69 Å². The third kappa shape index (κ3) is 2.28. The van der Waals surface area contributed by atoms with Crippen molar-refractivity contribution in [2.24, 2.45) is 0 Å². The van der Waals surface area contributed by atoms with Gasteiger partial charge in [-0.1, -0.05) is 11.2 Å². The summed E-state index contributed by atoms with van der Waals surface area (Å²) in [6.45, 7) is 0. The van der Waals surface area contributed by atoms with Crippen LogP contribution in [0.25, 0.3) is 23.0 Å². The quantitative estimate of drug-likeness (QED) is 0.723. The largest absolute Gasteiger partial charge is 0.481 e. The van der Waals surface area contributed by atoms with E-state index in [9.17, 15) is 0 Å². The van der Waals surface area contributed by atoms with Gasteiger partial charge in [-0.25, -0.2) is 9.97 Å². The minimum Gasteiger partial charge on any atom is -0.481 e. The summed E-state index contributed by atoms with van der Waals surface area (Å²) in [7, 11) is 1.53. The topological polar surface area (TPSA) is 100.0 Å². The standard InChI is InChI=1S/C13H11N5O2/c1-19-11-6-10(15-7-16-11)12-17-13(20-18-12)8-3-2-4-9(14)5-8/h2-7H,14H2,1H3. The maximum absolute atomic E-state index is 5.72. The summed E-state index contributed by atoms with van der Waals surface area (Å²) in [4.78, 5) is 12.3. The molecule has 3 aromatic rings. The number of rotatable bonds is 3. The molecule has 0 fully saturated rings. The van der Waals surface area contributed by atoms with Crippen molar-refractivity contribution in [3.8, 4) is 28.9 Å². The number of ether oxygens (including phenoxy) is 1. The number of nitrogen functional groups attached to an aromatic ring is 1. The summed E-state index contributed by atoms with van der Waals surface area (Å²) < 4.78 is 10.2. The van der Waals surface area contributed by atoms with E-state index in [4.69, 9.17) is 15.0 Å². The molecule has 0 unspecified atom stereocenters. The van der Waals surface area contributed by atoms with Crippen molar-refractivity contribution in [2.75, 3.05) is 12.8 Å². The lowest BCUT2D eigenvalue weighted by molar-refractivity contribution is 0.397. The molecule has 2 heterocycles. The lowest BCUT2D eigenvalue weighted by Crippen LogP contribution is -1.92. The second kappa shape index (κ2) is 4.96. The summed E-state index contributed by atoms with van der Waals surface area (Å²) in [5, 5.41) is 3.90. The Hall–Kier alpha value is -2.96. The molecule has 100 valence electrons. The minimum absolute atomic E-state index is 0.364. The van der Waals surface area contributed by atoms with Crippen molar-refractivity contribution in [1.82, 2.24) is 20.1 Å². The van der Waals surface area contributed by atoms with Gasteiger partial charge in [0.05, 0.1) is 7.11 Å². The van der Waals surface area contributed by atoms with E-state index in [2.05, 4.69) is 20.1 Å². The van der Waals surface area contributed by atoms with Crippen LogP contribution in [-0.2, 0) is 0 Å². The zero-order valence-electron chi connectivity index (χ0n) is 10.6.